The van der Waals surface area contributed by atoms with Crippen molar-refractivity contribution >= 4 is 17.5 Å². The van der Waals surface area contributed by atoms with Crippen molar-refractivity contribution in [1.29, 1.82) is 0 Å². The monoisotopic (exact) mass is 399 g/mol. The van der Waals surface area contributed by atoms with Crippen LogP contribution in [0.4, 0.5) is 0 Å². The Morgan fingerprint density at radius 2 is 2.04 bits per heavy atom. The first kappa shape index (κ1) is 19.9. The van der Waals surface area contributed by atoms with Crippen LogP contribution in [-0.2, 0) is 11.2 Å². The molecular formula is C21H22ClN3O3. The lowest BCUT2D eigenvalue weighted by Crippen LogP contribution is -2.26. The van der Waals surface area contributed by atoms with Crippen LogP contribution in [0, 0.1) is 0 Å². The summed E-state index contributed by atoms with van der Waals surface area (Å²) in [5.41, 5.74) is 1.82. The molecule has 1 amide bonds. The summed E-state index contributed by atoms with van der Waals surface area (Å²) in [4.78, 5) is 16.6. The van der Waals surface area contributed by atoms with E-state index in [0.717, 1.165) is 16.9 Å². The zero-order valence-electron chi connectivity index (χ0n) is 15.8. The van der Waals surface area contributed by atoms with Crippen molar-refractivity contribution in [2.24, 2.45) is 0 Å². The minimum atomic E-state index is -0.101. The number of nitrogens with one attached hydrogen (secondary N) is 1. The molecule has 0 aliphatic heterocycles. The number of aryl methyl sites for hydroxylation is 1. The van der Waals surface area contributed by atoms with E-state index in [1.165, 1.54) is 0 Å². The molecule has 1 atom stereocenters. The van der Waals surface area contributed by atoms with Gasteiger partial charge in [-0.3, -0.25) is 4.79 Å². The predicted octanol–water partition coefficient (Wildman–Crippen LogP) is 4.60. The summed E-state index contributed by atoms with van der Waals surface area (Å²) in [6, 6.07) is 14.8. The molecule has 0 saturated carbocycles. The Balaban J connectivity index is 1.47. The lowest BCUT2D eigenvalue weighted by Gasteiger charge is -2.14. The molecule has 1 heterocycles. The molecule has 0 bridgehead atoms. The van der Waals surface area contributed by atoms with Gasteiger partial charge in [0.2, 0.25) is 17.6 Å². The summed E-state index contributed by atoms with van der Waals surface area (Å²) < 4.78 is 10.4. The van der Waals surface area contributed by atoms with Gasteiger partial charge in [0.05, 0.1) is 13.2 Å². The summed E-state index contributed by atoms with van der Waals surface area (Å²) in [5, 5.41) is 7.63. The van der Waals surface area contributed by atoms with Crippen LogP contribution < -0.4 is 10.1 Å². The quantitative estimate of drug-likeness (QED) is 0.599. The summed E-state index contributed by atoms with van der Waals surface area (Å²) >= 11 is 6.00. The highest BCUT2D eigenvalue weighted by molar-refractivity contribution is 6.30. The van der Waals surface area contributed by atoms with E-state index in [4.69, 9.17) is 20.9 Å². The van der Waals surface area contributed by atoms with Crippen molar-refractivity contribution in [3.8, 4) is 17.1 Å². The van der Waals surface area contributed by atoms with E-state index >= 15 is 0 Å². The molecule has 28 heavy (non-hydrogen) atoms. The molecule has 0 aliphatic carbocycles. The maximum absolute atomic E-state index is 12.2. The van der Waals surface area contributed by atoms with Crippen LogP contribution >= 0.6 is 11.6 Å². The molecule has 146 valence electrons. The van der Waals surface area contributed by atoms with Crippen LogP contribution in [0.15, 0.2) is 53.1 Å². The third kappa shape index (κ3) is 5.33. The van der Waals surface area contributed by atoms with E-state index in [-0.39, 0.29) is 11.9 Å². The molecule has 0 aliphatic rings. The minimum Gasteiger partial charge on any atom is -0.497 e. The number of methoxy groups -OCH3 is 1. The fourth-order valence-electron chi connectivity index (χ4n) is 2.79. The van der Waals surface area contributed by atoms with Crippen molar-refractivity contribution in [2.45, 2.75) is 32.2 Å². The number of hydrogen-bond donors (Lipinski definition) is 1. The average molecular weight is 400 g/mol. The molecule has 1 aromatic heterocycles. The SMILES string of the molecule is COc1ccc(-c2noc(CCCC(=O)NC(C)c3cccc(Cl)c3)n2)cc1. The van der Waals surface area contributed by atoms with Gasteiger partial charge in [-0.25, -0.2) is 0 Å². The Morgan fingerprint density at radius 3 is 2.75 bits per heavy atom. The van der Waals surface area contributed by atoms with Gasteiger partial charge in [-0.15, -0.1) is 0 Å². The molecule has 7 heteroatoms. The number of amides is 1. The fraction of sp³-hybridized carbons (Fsp3) is 0.286. The highest BCUT2D eigenvalue weighted by Gasteiger charge is 2.12. The smallest absolute Gasteiger partial charge is 0.226 e. The third-order valence-corrected chi connectivity index (χ3v) is 4.57. The van der Waals surface area contributed by atoms with E-state index in [9.17, 15) is 4.79 Å². The number of hydrogen-bond acceptors (Lipinski definition) is 5. The Bertz CT molecular complexity index is 925. The zero-order valence-corrected chi connectivity index (χ0v) is 16.6. The maximum atomic E-state index is 12.2. The van der Waals surface area contributed by atoms with E-state index in [1.807, 2.05) is 55.5 Å². The maximum Gasteiger partial charge on any atom is 0.226 e. The van der Waals surface area contributed by atoms with Gasteiger partial charge < -0.3 is 14.6 Å². The molecule has 3 rings (SSSR count). The number of rotatable bonds is 8. The first-order chi connectivity index (χ1) is 13.5. The molecular weight excluding hydrogens is 378 g/mol. The number of carbonyl (C=O) groups excluding carboxylic acids is 1. The second kappa shape index (κ2) is 9.37. The summed E-state index contributed by atoms with van der Waals surface area (Å²) in [7, 11) is 1.62. The Morgan fingerprint density at radius 1 is 1.25 bits per heavy atom. The Labute approximate surface area is 168 Å². The number of carbonyl (C=O) groups is 1. The van der Waals surface area contributed by atoms with Gasteiger partial charge in [0, 0.05) is 23.4 Å². The molecule has 0 spiro atoms. The molecule has 6 nitrogen and oxygen atoms in total. The van der Waals surface area contributed by atoms with Crippen LogP contribution in [0.2, 0.25) is 5.02 Å². The predicted molar refractivity (Wildman–Crippen MR) is 107 cm³/mol. The highest BCUT2D eigenvalue weighted by atomic mass is 35.5. The molecule has 0 saturated heterocycles. The molecule has 3 aromatic rings. The fourth-order valence-corrected chi connectivity index (χ4v) is 2.99. The number of nitrogens with zero attached hydrogens (tertiary/aromatic N) is 2. The van der Waals surface area contributed by atoms with E-state index in [1.54, 1.807) is 7.11 Å². The van der Waals surface area contributed by atoms with Gasteiger partial charge >= 0.3 is 0 Å². The van der Waals surface area contributed by atoms with Gasteiger partial charge in [-0.05, 0) is 55.3 Å². The van der Waals surface area contributed by atoms with Crippen LogP contribution in [0.3, 0.4) is 0 Å². The van der Waals surface area contributed by atoms with Gasteiger partial charge in [0.25, 0.3) is 0 Å². The highest BCUT2D eigenvalue weighted by Crippen LogP contribution is 2.20. The largest absolute Gasteiger partial charge is 0.497 e. The van der Waals surface area contributed by atoms with Gasteiger partial charge in [-0.2, -0.15) is 4.98 Å². The first-order valence-corrected chi connectivity index (χ1v) is 9.45. The Hall–Kier alpha value is -2.86. The van der Waals surface area contributed by atoms with E-state index < -0.39 is 0 Å². The van der Waals surface area contributed by atoms with E-state index in [2.05, 4.69) is 15.5 Å². The summed E-state index contributed by atoms with van der Waals surface area (Å²) in [6.45, 7) is 1.93. The second-order valence-electron chi connectivity index (χ2n) is 6.44. The molecule has 1 unspecified atom stereocenters. The van der Waals surface area contributed by atoms with Crippen molar-refractivity contribution in [3.63, 3.8) is 0 Å². The molecule has 0 radical (unpaired) electrons. The Kier molecular flexibility index (Phi) is 6.66. The van der Waals surface area contributed by atoms with E-state index in [0.29, 0.717) is 36.0 Å². The van der Waals surface area contributed by atoms with Gasteiger partial charge in [-0.1, -0.05) is 28.9 Å². The van der Waals surface area contributed by atoms with Crippen LogP contribution in [-0.4, -0.2) is 23.2 Å². The second-order valence-corrected chi connectivity index (χ2v) is 6.87. The topological polar surface area (TPSA) is 77.2 Å². The normalized spacial score (nSPS) is 11.8. The third-order valence-electron chi connectivity index (χ3n) is 4.34. The van der Waals surface area contributed by atoms with Crippen molar-refractivity contribution in [2.75, 3.05) is 7.11 Å². The number of halogens is 1. The van der Waals surface area contributed by atoms with Crippen LogP contribution in [0.5, 0.6) is 5.75 Å². The van der Waals surface area contributed by atoms with Crippen LogP contribution in [0.25, 0.3) is 11.4 Å². The lowest BCUT2D eigenvalue weighted by molar-refractivity contribution is -0.121. The van der Waals surface area contributed by atoms with Crippen molar-refractivity contribution in [3.05, 3.63) is 65.0 Å². The van der Waals surface area contributed by atoms with Crippen molar-refractivity contribution in [1.82, 2.24) is 15.5 Å². The molecule has 1 N–H and O–H groups in total. The zero-order chi connectivity index (χ0) is 19.9. The number of ether oxygens (including phenoxy) is 1. The minimum absolute atomic E-state index is 0.0256. The number of aromatic nitrogens is 2. The van der Waals surface area contributed by atoms with Gasteiger partial charge in [0.1, 0.15) is 5.75 Å². The van der Waals surface area contributed by atoms with Crippen LogP contribution in [0.1, 0.15) is 37.3 Å². The van der Waals surface area contributed by atoms with Gasteiger partial charge in [0.15, 0.2) is 0 Å². The standard InChI is InChI=1S/C21H22ClN3O3/c1-14(16-5-3-6-17(22)13-16)23-19(26)7-4-8-20-24-21(25-28-20)15-9-11-18(27-2)12-10-15/h3,5-6,9-14H,4,7-8H2,1-2H3,(H,23,26). The number of benzene rings is 2. The summed E-state index contributed by atoms with van der Waals surface area (Å²) in [5.74, 6) is 1.78. The molecule has 0 fully saturated rings. The first-order valence-electron chi connectivity index (χ1n) is 9.07. The molecule has 2 aromatic carbocycles. The van der Waals surface area contributed by atoms with Crippen molar-refractivity contribution < 1.29 is 14.1 Å². The summed E-state index contributed by atoms with van der Waals surface area (Å²) in [6.07, 6.45) is 1.55. The average Bonchev–Trinajstić information content (AvgIpc) is 3.17. The lowest BCUT2D eigenvalue weighted by atomic mass is 10.1.